The molecule has 0 saturated heterocycles. The number of thiazole rings is 1. The molecule has 7 nitrogen and oxygen atoms in total. The van der Waals surface area contributed by atoms with Crippen LogP contribution in [0.4, 0.5) is 5.69 Å². The summed E-state index contributed by atoms with van der Waals surface area (Å²) in [7, 11) is 0. The van der Waals surface area contributed by atoms with E-state index in [9.17, 15) is 14.9 Å². The maximum atomic E-state index is 11.7. The van der Waals surface area contributed by atoms with Gasteiger partial charge in [-0.25, -0.2) is 9.78 Å². The predicted octanol–water partition coefficient (Wildman–Crippen LogP) is 3.33. The van der Waals surface area contributed by atoms with Crippen LogP contribution in [0, 0.1) is 10.1 Å². The van der Waals surface area contributed by atoms with Gasteiger partial charge in [0, 0.05) is 12.1 Å². The van der Waals surface area contributed by atoms with Gasteiger partial charge in [-0.2, -0.15) is 0 Å². The molecule has 2 aromatic carbocycles. The third-order valence-electron chi connectivity index (χ3n) is 3.10. The van der Waals surface area contributed by atoms with Crippen LogP contribution in [0.2, 0.25) is 0 Å². The van der Waals surface area contributed by atoms with E-state index in [1.807, 2.05) is 24.3 Å². The lowest BCUT2D eigenvalue weighted by Crippen LogP contribution is -2.14. The molecular formula is C16H12N2O5S. The van der Waals surface area contributed by atoms with Crippen molar-refractivity contribution in [1.82, 2.24) is 4.98 Å². The molecule has 1 heterocycles. The number of hydrogen-bond donors (Lipinski definition) is 0. The molecule has 3 rings (SSSR count). The fourth-order valence-electron chi connectivity index (χ4n) is 1.97. The van der Waals surface area contributed by atoms with Gasteiger partial charge in [0.2, 0.25) is 0 Å². The van der Waals surface area contributed by atoms with Crippen LogP contribution in [0.3, 0.4) is 0 Å². The summed E-state index contributed by atoms with van der Waals surface area (Å²) in [6.45, 7) is -0.190. The Bertz CT molecular complexity index is 843. The van der Waals surface area contributed by atoms with Gasteiger partial charge in [-0.3, -0.25) is 10.1 Å². The topological polar surface area (TPSA) is 91.6 Å². The molecule has 3 aromatic rings. The summed E-state index contributed by atoms with van der Waals surface area (Å²) in [5.41, 5.74) is 0.830. The lowest BCUT2D eigenvalue weighted by Gasteiger charge is -2.05. The summed E-state index contributed by atoms with van der Waals surface area (Å²) in [4.78, 5) is 26.1. The summed E-state index contributed by atoms with van der Waals surface area (Å²) >= 11 is 1.47. The summed E-state index contributed by atoms with van der Waals surface area (Å²) in [5, 5.41) is 11.3. The molecule has 0 aliphatic rings. The minimum absolute atomic E-state index is 0.0410. The zero-order chi connectivity index (χ0) is 16.9. The number of ether oxygens (including phenoxy) is 2. The molecule has 1 aromatic heterocycles. The van der Waals surface area contributed by atoms with Gasteiger partial charge in [-0.05, 0) is 24.3 Å². The Balaban J connectivity index is 1.49. The average Bonchev–Trinajstić information content (AvgIpc) is 3.01. The lowest BCUT2D eigenvalue weighted by molar-refractivity contribution is -0.384. The van der Waals surface area contributed by atoms with Gasteiger partial charge in [-0.15, -0.1) is 11.3 Å². The second-order valence-corrected chi connectivity index (χ2v) is 5.89. The van der Waals surface area contributed by atoms with Gasteiger partial charge < -0.3 is 9.47 Å². The number of benzene rings is 2. The number of hydrogen-bond acceptors (Lipinski definition) is 7. The maximum Gasteiger partial charge on any atom is 0.344 e. The van der Waals surface area contributed by atoms with Crippen molar-refractivity contribution in [2.45, 2.75) is 6.61 Å². The summed E-state index contributed by atoms with van der Waals surface area (Å²) < 4.78 is 11.4. The maximum absolute atomic E-state index is 11.7. The second-order valence-electron chi connectivity index (χ2n) is 4.78. The SMILES string of the molecule is O=C(COc1ccc([N+](=O)[O-])cc1)OCc1nc2ccccc2s1. The number of carbonyl (C=O) groups excluding carboxylic acids is 1. The fourth-order valence-corrected chi connectivity index (χ4v) is 2.85. The Morgan fingerprint density at radius 3 is 2.62 bits per heavy atom. The first-order chi connectivity index (χ1) is 11.6. The summed E-state index contributed by atoms with van der Waals surface area (Å²) in [6.07, 6.45) is 0. The molecule has 0 unspecified atom stereocenters. The van der Waals surface area contributed by atoms with Crippen molar-refractivity contribution >= 4 is 33.2 Å². The van der Waals surface area contributed by atoms with Crippen molar-refractivity contribution in [2.24, 2.45) is 0 Å². The van der Waals surface area contributed by atoms with Crippen molar-refractivity contribution in [3.63, 3.8) is 0 Å². The number of non-ortho nitro benzene ring substituents is 1. The molecule has 0 radical (unpaired) electrons. The van der Waals surface area contributed by atoms with Crippen LogP contribution in [0.25, 0.3) is 10.2 Å². The van der Waals surface area contributed by atoms with E-state index in [0.717, 1.165) is 10.2 Å². The van der Waals surface area contributed by atoms with E-state index >= 15 is 0 Å². The van der Waals surface area contributed by atoms with Crippen LogP contribution >= 0.6 is 11.3 Å². The minimum Gasteiger partial charge on any atom is -0.482 e. The van der Waals surface area contributed by atoms with Crippen LogP contribution in [0.1, 0.15) is 5.01 Å². The second kappa shape index (κ2) is 7.05. The third kappa shape index (κ3) is 3.85. The molecule has 0 aliphatic carbocycles. The van der Waals surface area contributed by atoms with Gasteiger partial charge in [0.15, 0.2) is 6.61 Å². The van der Waals surface area contributed by atoms with E-state index in [2.05, 4.69) is 4.98 Å². The first-order valence-electron chi connectivity index (χ1n) is 6.99. The molecule has 0 spiro atoms. The molecular weight excluding hydrogens is 332 g/mol. The average molecular weight is 344 g/mol. The van der Waals surface area contributed by atoms with Crippen LogP contribution in [-0.2, 0) is 16.1 Å². The molecule has 0 bridgehead atoms. The van der Waals surface area contributed by atoms with Crippen LogP contribution in [-0.4, -0.2) is 22.5 Å². The zero-order valence-electron chi connectivity index (χ0n) is 12.4. The molecule has 24 heavy (non-hydrogen) atoms. The van der Waals surface area contributed by atoms with E-state index in [4.69, 9.17) is 9.47 Å². The third-order valence-corrected chi connectivity index (χ3v) is 4.11. The van der Waals surface area contributed by atoms with E-state index in [0.29, 0.717) is 10.8 Å². The standard InChI is InChI=1S/C16H12N2O5S/c19-16(10-22-12-7-5-11(6-8-12)18(20)21)23-9-15-17-13-3-1-2-4-14(13)24-15/h1-8H,9-10H2. The van der Waals surface area contributed by atoms with Gasteiger partial charge in [0.1, 0.15) is 17.4 Å². The molecule has 122 valence electrons. The van der Waals surface area contributed by atoms with Crippen molar-refractivity contribution in [2.75, 3.05) is 6.61 Å². The summed E-state index contributed by atoms with van der Waals surface area (Å²) in [6, 6.07) is 13.1. The van der Waals surface area contributed by atoms with Gasteiger partial charge >= 0.3 is 5.97 Å². The van der Waals surface area contributed by atoms with Gasteiger partial charge in [-0.1, -0.05) is 12.1 Å². The molecule has 0 amide bonds. The number of nitro benzene ring substituents is 1. The number of nitro groups is 1. The molecule has 8 heteroatoms. The number of carbonyl (C=O) groups is 1. The Morgan fingerprint density at radius 2 is 1.92 bits per heavy atom. The number of aromatic nitrogens is 1. The normalized spacial score (nSPS) is 10.5. The first kappa shape index (κ1) is 15.9. The Labute approximate surface area is 140 Å². The van der Waals surface area contributed by atoms with Gasteiger partial charge in [0.25, 0.3) is 5.69 Å². The largest absolute Gasteiger partial charge is 0.482 e. The highest BCUT2D eigenvalue weighted by Crippen LogP contribution is 2.22. The fraction of sp³-hybridized carbons (Fsp3) is 0.125. The van der Waals surface area contributed by atoms with Crippen molar-refractivity contribution in [1.29, 1.82) is 0 Å². The molecule has 0 fully saturated rings. The van der Waals surface area contributed by atoms with Crippen molar-refractivity contribution in [3.05, 3.63) is 63.7 Å². The predicted molar refractivity (Wildman–Crippen MR) is 88.0 cm³/mol. The van der Waals surface area contributed by atoms with Crippen LogP contribution in [0.15, 0.2) is 48.5 Å². The van der Waals surface area contributed by atoms with Crippen LogP contribution in [0.5, 0.6) is 5.75 Å². The van der Waals surface area contributed by atoms with E-state index < -0.39 is 10.9 Å². The number of para-hydroxylation sites is 1. The molecule has 0 saturated carbocycles. The van der Waals surface area contributed by atoms with E-state index in [1.165, 1.54) is 35.6 Å². The zero-order valence-corrected chi connectivity index (χ0v) is 13.2. The monoisotopic (exact) mass is 344 g/mol. The Morgan fingerprint density at radius 1 is 1.17 bits per heavy atom. The minimum atomic E-state index is -0.535. The Hall–Kier alpha value is -3.00. The van der Waals surface area contributed by atoms with Crippen LogP contribution < -0.4 is 4.74 Å². The highest BCUT2D eigenvalue weighted by Gasteiger charge is 2.09. The summed E-state index contributed by atoms with van der Waals surface area (Å²) in [5.74, 6) is -0.176. The Kier molecular flexibility index (Phi) is 4.66. The highest BCUT2D eigenvalue weighted by atomic mass is 32.1. The van der Waals surface area contributed by atoms with Crippen molar-refractivity contribution < 1.29 is 19.2 Å². The molecule has 0 atom stereocenters. The quantitative estimate of drug-likeness (QED) is 0.387. The van der Waals surface area contributed by atoms with E-state index in [-0.39, 0.29) is 18.9 Å². The van der Waals surface area contributed by atoms with E-state index in [1.54, 1.807) is 0 Å². The highest BCUT2D eigenvalue weighted by molar-refractivity contribution is 7.18. The number of nitrogens with zero attached hydrogens (tertiary/aromatic N) is 2. The lowest BCUT2D eigenvalue weighted by atomic mass is 10.3. The molecule has 0 aliphatic heterocycles. The first-order valence-corrected chi connectivity index (χ1v) is 7.81. The van der Waals surface area contributed by atoms with Gasteiger partial charge in [0.05, 0.1) is 15.1 Å². The smallest absolute Gasteiger partial charge is 0.344 e. The number of rotatable bonds is 6. The molecule has 0 N–H and O–H groups in total. The van der Waals surface area contributed by atoms with Crippen molar-refractivity contribution in [3.8, 4) is 5.75 Å². The number of fused-ring (bicyclic) bond motifs is 1. The number of esters is 1.